The first-order chi connectivity index (χ1) is 15.3. The molecule has 186 valence electrons. The predicted molar refractivity (Wildman–Crippen MR) is 138 cm³/mol. The molecular weight excluding hydrogens is 382 g/mol. The maximum Gasteiger partial charge on any atom is 0.203 e. The molecule has 0 N–H and O–H groups in total. The fourth-order valence-electron chi connectivity index (χ4n) is 4.56. The zero-order chi connectivity index (χ0) is 22.7. The molecule has 0 aliphatic heterocycles. The van der Waals surface area contributed by atoms with Crippen molar-refractivity contribution in [3.63, 3.8) is 0 Å². The highest BCUT2D eigenvalue weighted by Crippen LogP contribution is 2.15. The molecular formula is C28H57NO2. The molecule has 0 aliphatic rings. The summed E-state index contributed by atoms with van der Waals surface area (Å²) in [6.07, 6.45) is 35.8. The summed E-state index contributed by atoms with van der Waals surface area (Å²) in [6, 6.07) is 0. The topological polar surface area (TPSA) is 43.1 Å². The molecule has 31 heavy (non-hydrogen) atoms. The molecule has 0 spiro atoms. The molecule has 0 aromatic rings. The van der Waals surface area contributed by atoms with Crippen LogP contribution in [0.25, 0.3) is 0 Å². The van der Waals surface area contributed by atoms with Crippen LogP contribution in [-0.4, -0.2) is 11.5 Å². The lowest BCUT2D eigenvalue weighted by Gasteiger charge is -2.04. The molecule has 0 radical (unpaired) electrons. The molecule has 3 heteroatoms. The summed E-state index contributed by atoms with van der Waals surface area (Å²) in [6.45, 7) is 2.45. The lowest BCUT2D eigenvalue weighted by atomic mass is 10.0. The Balaban J connectivity index is 3.00. The van der Waals surface area contributed by atoms with Crippen molar-refractivity contribution in [3.8, 4) is 0 Å². The lowest BCUT2D eigenvalue weighted by molar-refractivity contribution is -0.480. The molecule has 0 heterocycles. The van der Waals surface area contributed by atoms with E-state index >= 15 is 0 Å². The van der Waals surface area contributed by atoms with Gasteiger partial charge in [0.05, 0.1) is 0 Å². The minimum Gasteiger partial charge on any atom is -0.265 e. The Morgan fingerprint density at radius 1 is 0.387 bits per heavy atom. The molecule has 0 bridgehead atoms. The average Bonchev–Trinajstić information content (AvgIpc) is 2.76. The number of nitro groups is 1. The van der Waals surface area contributed by atoms with Crippen molar-refractivity contribution in [1.82, 2.24) is 0 Å². The molecule has 0 unspecified atom stereocenters. The molecule has 0 rings (SSSR count). The normalized spacial score (nSPS) is 11.3. The maximum absolute atomic E-state index is 10.2. The van der Waals surface area contributed by atoms with Gasteiger partial charge in [-0.25, -0.2) is 0 Å². The van der Waals surface area contributed by atoms with Crippen LogP contribution >= 0.6 is 0 Å². The van der Waals surface area contributed by atoms with Crippen molar-refractivity contribution in [3.05, 3.63) is 10.1 Å². The summed E-state index contributed by atoms with van der Waals surface area (Å²) in [5.41, 5.74) is 0. The summed E-state index contributed by atoms with van der Waals surface area (Å²) in [5, 5.41) is 10.2. The molecule has 0 atom stereocenters. The number of hydrogen-bond donors (Lipinski definition) is 0. The van der Waals surface area contributed by atoms with E-state index in [1.807, 2.05) is 0 Å². The standard InChI is InChI=1S/C28H57NO2/c1-2-3-4-5-6-7-8-9-10-11-12-13-14-15-16-17-18-19-20-21-22-23-24-25-26-27-28-29(30)31/h2-28H2,1H3. The second-order valence-electron chi connectivity index (χ2n) is 9.90. The van der Waals surface area contributed by atoms with Gasteiger partial charge in [-0.15, -0.1) is 0 Å². The van der Waals surface area contributed by atoms with E-state index in [4.69, 9.17) is 0 Å². The third-order valence-electron chi connectivity index (χ3n) is 6.69. The quantitative estimate of drug-likeness (QED) is 0.0725. The number of unbranched alkanes of at least 4 members (excludes halogenated alkanes) is 25. The number of rotatable bonds is 27. The molecule has 0 saturated heterocycles. The van der Waals surface area contributed by atoms with Crippen LogP contribution in [0.15, 0.2) is 0 Å². The molecule has 0 saturated carbocycles. The summed E-state index contributed by atoms with van der Waals surface area (Å²) < 4.78 is 0. The van der Waals surface area contributed by atoms with E-state index in [0.29, 0.717) is 0 Å². The summed E-state index contributed by atoms with van der Waals surface area (Å²) in [4.78, 5) is 10.0. The molecule has 0 aromatic carbocycles. The van der Waals surface area contributed by atoms with Crippen molar-refractivity contribution in [2.45, 2.75) is 174 Å². The highest BCUT2D eigenvalue weighted by atomic mass is 16.6. The van der Waals surface area contributed by atoms with E-state index < -0.39 is 0 Å². The molecule has 3 nitrogen and oxygen atoms in total. The highest BCUT2D eigenvalue weighted by Gasteiger charge is 1.98. The van der Waals surface area contributed by atoms with Gasteiger partial charge in [0.15, 0.2) is 0 Å². The van der Waals surface area contributed by atoms with E-state index in [1.165, 1.54) is 154 Å². The zero-order valence-electron chi connectivity index (χ0n) is 21.4. The van der Waals surface area contributed by atoms with E-state index in [1.54, 1.807) is 0 Å². The summed E-state index contributed by atoms with van der Waals surface area (Å²) >= 11 is 0. The zero-order valence-corrected chi connectivity index (χ0v) is 21.4. The average molecular weight is 440 g/mol. The van der Waals surface area contributed by atoms with Crippen LogP contribution in [0.3, 0.4) is 0 Å². The summed E-state index contributed by atoms with van der Waals surface area (Å²) in [7, 11) is 0. The van der Waals surface area contributed by atoms with E-state index in [-0.39, 0.29) is 11.5 Å². The van der Waals surface area contributed by atoms with Crippen LogP contribution in [0.5, 0.6) is 0 Å². The Labute approximate surface area is 195 Å². The first kappa shape index (κ1) is 30.4. The molecule has 0 amide bonds. The van der Waals surface area contributed by atoms with Crippen LogP contribution in [0.2, 0.25) is 0 Å². The Bertz CT molecular complexity index is 346. The monoisotopic (exact) mass is 439 g/mol. The third-order valence-corrected chi connectivity index (χ3v) is 6.69. The predicted octanol–water partition coefficient (Wildman–Crippen LogP) is 10.4. The largest absolute Gasteiger partial charge is 0.265 e. The van der Waals surface area contributed by atoms with E-state index in [2.05, 4.69) is 6.92 Å². The highest BCUT2D eigenvalue weighted by molar-refractivity contribution is 4.51. The SMILES string of the molecule is CCCCCCCCCCCCCCCCCCCCCCCCCCCC[N+](=O)[O-]. The Morgan fingerprint density at radius 3 is 0.774 bits per heavy atom. The first-order valence-electron chi connectivity index (χ1n) is 14.4. The molecule has 0 fully saturated rings. The van der Waals surface area contributed by atoms with Crippen LogP contribution < -0.4 is 0 Å². The number of nitrogens with zero attached hydrogens (tertiary/aromatic N) is 1. The van der Waals surface area contributed by atoms with Crippen molar-refractivity contribution in [2.75, 3.05) is 6.54 Å². The van der Waals surface area contributed by atoms with Crippen molar-refractivity contribution in [2.24, 2.45) is 0 Å². The van der Waals surface area contributed by atoms with Crippen LogP contribution in [-0.2, 0) is 0 Å². The van der Waals surface area contributed by atoms with Crippen molar-refractivity contribution < 1.29 is 4.92 Å². The maximum atomic E-state index is 10.2. The van der Waals surface area contributed by atoms with Gasteiger partial charge in [-0.05, 0) is 6.42 Å². The summed E-state index contributed by atoms with van der Waals surface area (Å²) in [5.74, 6) is 0. The van der Waals surface area contributed by atoms with Gasteiger partial charge >= 0.3 is 0 Å². The van der Waals surface area contributed by atoms with Crippen molar-refractivity contribution in [1.29, 1.82) is 0 Å². The molecule has 0 aromatic heterocycles. The fourth-order valence-corrected chi connectivity index (χ4v) is 4.56. The van der Waals surface area contributed by atoms with Gasteiger partial charge < -0.3 is 0 Å². The third kappa shape index (κ3) is 29.4. The minimum atomic E-state index is -0.195. The van der Waals surface area contributed by atoms with Crippen LogP contribution in [0.4, 0.5) is 0 Å². The van der Waals surface area contributed by atoms with Crippen LogP contribution in [0.1, 0.15) is 174 Å². The Morgan fingerprint density at radius 2 is 0.581 bits per heavy atom. The lowest BCUT2D eigenvalue weighted by Crippen LogP contribution is -1.99. The van der Waals surface area contributed by atoms with E-state index in [0.717, 1.165) is 12.8 Å². The van der Waals surface area contributed by atoms with Gasteiger partial charge in [-0.3, -0.25) is 10.1 Å². The first-order valence-corrected chi connectivity index (χ1v) is 14.4. The fraction of sp³-hybridized carbons (Fsp3) is 1.00. The number of hydrogen-bond acceptors (Lipinski definition) is 2. The Hall–Kier alpha value is -0.600. The van der Waals surface area contributed by atoms with Gasteiger partial charge in [0.25, 0.3) is 0 Å². The second-order valence-corrected chi connectivity index (χ2v) is 9.90. The van der Waals surface area contributed by atoms with Gasteiger partial charge in [-0.2, -0.15) is 0 Å². The second kappa shape index (κ2) is 27.4. The van der Waals surface area contributed by atoms with Crippen molar-refractivity contribution >= 4 is 0 Å². The minimum absolute atomic E-state index is 0.152. The van der Waals surface area contributed by atoms with Crippen LogP contribution in [0, 0.1) is 10.1 Å². The van der Waals surface area contributed by atoms with E-state index in [9.17, 15) is 10.1 Å². The van der Waals surface area contributed by atoms with Gasteiger partial charge in [0.1, 0.15) is 0 Å². The van der Waals surface area contributed by atoms with Gasteiger partial charge in [0.2, 0.25) is 6.54 Å². The smallest absolute Gasteiger partial charge is 0.203 e. The molecule has 0 aliphatic carbocycles. The van der Waals surface area contributed by atoms with Gasteiger partial charge in [0, 0.05) is 11.3 Å². The Kier molecular flexibility index (Phi) is 26.9. The van der Waals surface area contributed by atoms with Gasteiger partial charge in [-0.1, -0.05) is 161 Å².